The van der Waals surface area contributed by atoms with Gasteiger partial charge in [-0.3, -0.25) is 0 Å². The van der Waals surface area contributed by atoms with E-state index in [1.807, 2.05) is 25.1 Å². The summed E-state index contributed by atoms with van der Waals surface area (Å²) in [6, 6.07) is 9.58. The molecule has 1 unspecified atom stereocenters. The molecular weight excluding hydrogens is 148 g/mol. The third-order valence-corrected chi connectivity index (χ3v) is 1.92. The number of hydrogen-bond donors (Lipinski definition) is 1. The zero-order valence-corrected chi connectivity index (χ0v) is 7.12. The van der Waals surface area contributed by atoms with Crippen LogP contribution in [0, 0.1) is 11.3 Å². The molecule has 12 heavy (non-hydrogen) atoms. The fourth-order valence-electron chi connectivity index (χ4n) is 1.14. The molecule has 0 spiro atoms. The number of benzene rings is 1. The van der Waals surface area contributed by atoms with Crippen molar-refractivity contribution in [1.82, 2.24) is 0 Å². The smallest absolute Gasteiger partial charge is 0.0995 e. The van der Waals surface area contributed by atoms with Crippen LogP contribution in [-0.4, -0.2) is 0 Å². The summed E-state index contributed by atoms with van der Waals surface area (Å²) < 4.78 is 0. The lowest BCUT2D eigenvalue weighted by molar-refractivity contribution is 0.697. The topological polar surface area (TPSA) is 49.8 Å². The Hall–Kier alpha value is -1.33. The number of hydrogen-bond acceptors (Lipinski definition) is 2. The molecule has 0 radical (unpaired) electrons. The van der Waals surface area contributed by atoms with Gasteiger partial charge >= 0.3 is 0 Å². The SMILES string of the molecule is CCC(N)c1ccccc1C#N. The summed E-state index contributed by atoms with van der Waals surface area (Å²) in [5.74, 6) is 0. The Kier molecular flexibility index (Phi) is 2.84. The molecule has 0 bridgehead atoms. The van der Waals surface area contributed by atoms with Gasteiger partial charge in [0.2, 0.25) is 0 Å². The molecule has 2 N–H and O–H groups in total. The molecule has 2 nitrogen and oxygen atoms in total. The number of nitrogens with zero attached hydrogens (tertiary/aromatic N) is 1. The van der Waals surface area contributed by atoms with Crippen molar-refractivity contribution in [3.8, 4) is 6.07 Å². The van der Waals surface area contributed by atoms with Gasteiger partial charge in [0.25, 0.3) is 0 Å². The third kappa shape index (κ3) is 1.63. The van der Waals surface area contributed by atoms with Crippen molar-refractivity contribution in [2.45, 2.75) is 19.4 Å². The van der Waals surface area contributed by atoms with Crippen LogP contribution in [0.15, 0.2) is 24.3 Å². The van der Waals surface area contributed by atoms with Crippen LogP contribution in [-0.2, 0) is 0 Å². The van der Waals surface area contributed by atoms with E-state index >= 15 is 0 Å². The number of nitriles is 1. The Morgan fingerprint density at radius 2 is 2.17 bits per heavy atom. The molecule has 0 aliphatic rings. The van der Waals surface area contributed by atoms with Crippen LogP contribution >= 0.6 is 0 Å². The zero-order chi connectivity index (χ0) is 8.97. The Bertz CT molecular complexity index is 299. The average Bonchev–Trinajstić information content (AvgIpc) is 2.16. The van der Waals surface area contributed by atoms with Crippen molar-refractivity contribution in [1.29, 1.82) is 5.26 Å². The van der Waals surface area contributed by atoms with Crippen molar-refractivity contribution in [2.75, 3.05) is 0 Å². The van der Waals surface area contributed by atoms with Crippen molar-refractivity contribution in [3.05, 3.63) is 35.4 Å². The van der Waals surface area contributed by atoms with Crippen molar-refractivity contribution in [2.24, 2.45) is 5.73 Å². The minimum atomic E-state index is -0.0131. The predicted octanol–water partition coefficient (Wildman–Crippen LogP) is 1.97. The summed E-state index contributed by atoms with van der Waals surface area (Å²) in [4.78, 5) is 0. The van der Waals surface area contributed by atoms with Gasteiger partial charge in [-0.15, -0.1) is 0 Å². The zero-order valence-electron chi connectivity index (χ0n) is 7.12. The van der Waals surface area contributed by atoms with E-state index in [4.69, 9.17) is 11.0 Å². The van der Waals surface area contributed by atoms with E-state index in [-0.39, 0.29) is 6.04 Å². The van der Waals surface area contributed by atoms with Gasteiger partial charge in [-0.25, -0.2) is 0 Å². The molecule has 0 heterocycles. The molecule has 0 amide bonds. The fourth-order valence-corrected chi connectivity index (χ4v) is 1.14. The van der Waals surface area contributed by atoms with Crippen molar-refractivity contribution in [3.63, 3.8) is 0 Å². The van der Waals surface area contributed by atoms with Gasteiger partial charge < -0.3 is 5.73 Å². The molecule has 2 heteroatoms. The van der Waals surface area contributed by atoms with E-state index in [9.17, 15) is 0 Å². The Balaban J connectivity index is 3.07. The second-order valence-corrected chi connectivity index (χ2v) is 2.71. The first-order chi connectivity index (χ1) is 5.79. The molecule has 1 rings (SSSR count). The Labute approximate surface area is 72.6 Å². The van der Waals surface area contributed by atoms with Crippen LogP contribution < -0.4 is 5.73 Å². The van der Waals surface area contributed by atoms with Crippen LogP contribution in [0.5, 0.6) is 0 Å². The van der Waals surface area contributed by atoms with Gasteiger partial charge in [0.05, 0.1) is 11.6 Å². The molecule has 0 saturated heterocycles. The Morgan fingerprint density at radius 3 is 2.75 bits per heavy atom. The molecule has 0 aliphatic carbocycles. The van der Waals surface area contributed by atoms with E-state index in [1.54, 1.807) is 6.07 Å². The molecule has 1 atom stereocenters. The van der Waals surface area contributed by atoms with E-state index < -0.39 is 0 Å². The van der Waals surface area contributed by atoms with Crippen LogP contribution in [0.2, 0.25) is 0 Å². The predicted molar refractivity (Wildman–Crippen MR) is 48.4 cm³/mol. The van der Waals surface area contributed by atoms with Crippen molar-refractivity contribution < 1.29 is 0 Å². The van der Waals surface area contributed by atoms with Gasteiger partial charge in [-0.1, -0.05) is 25.1 Å². The van der Waals surface area contributed by atoms with E-state index in [0.29, 0.717) is 5.56 Å². The lowest BCUT2D eigenvalue weighted by Gasteiger charge is -2.09. The molecule has 0 fully saturated rings. The van der Waals surface area contributed by atoms with Gasteiger partial charge in [-0.2, -0.15) is 5.26 Å². The molecule has 0 aromatic heterocycles. The number of rotatable bonds is 2. The molecule has 62 valence electrons. The molecule has 0 saturated carbocycles. The second-order valence-electron chi connectivity index (χ2n) is 2.71. The maximum absolute atomic E-state index is 8.76. The summed E-state index contributed by atoms with van der Waals surface area (Å²) in [5, 5.41) is 8.76. The number of nitrogens with two attached hydrogens (primary N) is 1. The first-order valence-corrected chi connectivity index (χ1v) is 4.04. The standard InChI is InChI=1S/C10H12N2/c1-2-10(12)9-6-4-3-5-8(9)7-11/h3-6,10H,2,12H2,1H3. The highest BCUT2D eigenvalue weighted by Gasteiger charge is 2.06. The summed E-state index contributed by atoms with van der Waals surface area (Å²) in [6.07, 6.45) is 0.860. The van der Waals surface area contributed by atoms with Crippen LogP contribution in [0.4, 0.5) is 0 Å². The third-order valence-electron chi connectivity index (χ3n) is 1.92. The lowest BCUT2D eigenvalue weighted by atomic mass is 10.0. The minimum absolute atomic E-state index is 0.0131. The summed E-state index contributed by atoms with van der Waals surface area (Å²) in [7, 11) is 0. The first kappa shape index (κ1) is 8.76. The fraction of sp³-hybridized carbons (Fsp3) is 0.300. The monoisotopic (exact) mass is 160 g/mol. The average molecular weight is 160 g/mol. The molecule has 1 aromatic carbocycles. The minimum Gasteiger partial charge on any atom is -0.324 e. The highest BCUT2D eigenvalue weighted by atomic mass is 14.6. The largest absolute Gasteiger partial charge is 0.324 e. The highest BCUT2D eigenvalue weighted by Crippen LogP contribution is 2.17. The Morgan fingerprint density at radius 1 is 1.50 bits per heavy atom. The second kappa shape index (κ2) is 3.89. The highest BCUT2D eigenvalue weighted by molar-refractivity contribution is 5.39. The maximum atomic E-state index is 8.76. The van der Waals surface area contributed by atoms with Gasteiger partial charge in [0.1, 0.15) is 0 Å². The summed E-state index contributed by atoms with van der Waals surface area (Å²) >= 11 is 0. The van der Waals surface area contributed by atoms with Gasteiger partial charge in [0, 0.05) is 6.04 Å². The van der Waals surface area contributed by atoms with Crippen LogP contribution in [0.25, 0.3) is 0 Å². The molecular formula is C10H12N2. The van der Waals surface area contributed by atoms with Gasteiger partial charge in [0.15, 0.2) is 0 Å². The van der Waals surface area contributed by atoms with Crippen molar-refractivity contribution >= 4 is 0 Å². The quantitative estimate of drug-likeness (QED) is 0.719. The van der Waals surface area contributed by atoms with E-state index in [2.05, 4.69) is 6.07 Å². The summed E-state index contributed by atoms with van der Waals surface area (Å²) in [6.45, 7) is 2.01. The van der Waals surface area contributed by atoms with E-state index in [1.165, 1.54) is 0 Å². The van der Waals surface area contributed by atoms with Crippen LogP contribution in [0.1, 0.15) is 30.5 Å². The summed E-state index contributed by atoms with van der Waals surface area (Å²) in [5.41, 5.74) is 7.45. The first-order valence-electron chi connectivity index (χ1n) is 4.04. The van der Waals surface area contributed by atoms with E-state index in [0.717, 1.165) is 12.0 Å². The van der Waals surface area contributed by atoms with Crippen LogP contribution in [0.3, 0.4) is 0 Å². The molecule has 0 aliphatic heterocycles. The maximum Gasteiger partial charge on any atom is 0.0995 e. The normalized spacial score (nSPS) is 12.1. The molecule has 1 aromatic rings. The lowest BCUT2D eigenvalue weighted by Crippen LogP contribution is -2.10. The van der Waals surface area contributed by atoms with Gasteiger partial charge in [-0.05, 0) is 18.1 Å².